The SMILES string of the molecule is COC(=O)c1cc(OC(=O)CSc2nnc(-c3ccc(Cl)cc3)o2)cc(C(=O)OC)c1. The third kappa shape index (κ3) is 5.83. The number of esters is 3. The number of benzene rings is 2. The predicted octanol–water partition coefficient (Wildman–Crippen LogP) is 3.66. The molecule has 0 aliphatic rings. The Morgan fingerprint density at radius 3 is 2.16 bits per heavy atom. The van der Waals surface area contributed by atoms with E-state index in [4.69, 9.17) is 20.8 Å². The van der Waals surface area contributed by atoms with E-state index in [9.17, 15) is 14.4 Å². The molecule has 0 unspecified atom stereocenters. The van der Waals surface area contributed by atoms with Gasteiger partial charge in [-0.25, -0.2) is 9.59 Å². The van der Waals surface area contributed by atoms with Crippen LogP contribution in [-0.4, -0.2) is 48.1 Å². The van der Waals surface area contributed by atoms with Gasteiger partial charge in [0.15, 0.2) is 0 Å². The van der Waals surface area contributed by atoms with Crippen molar-refractivity contribution in [1.29, 1.82) is 0 Å². The molecule has 3 rings (SSSR count). The molecule has 160 valence electrons. The van der Waals surface area contributed by atoms with Gasteiger partial charge in [-0.15, -0.1) is 10.2 Å². The number of halogens is 1. The minimum Gasteiger partial charge on any atom is -0.465 e. The fourth-order valence-electron chi connectivity index (χ4n) is 2.39. The minimum atomic E-state index is -0.696. The number of carbonyl (C=O) groups is 3. The van der Waals surface area contributed by atoms with Gasteiger partial charge in [0.05, 0.1) is 25.3 Å². The Labute approximate surface area is 185 Å². The predicted molar refractivity (Wildman–Crippen MR) is 110 cm³/mol. The van der Waals surface area contributed by atoms with E-state index in [0.29, 0.717) is 10.6 Å². The molecule has 2 aromatic carbocycles. The summed E-state index contributed by atoms with van der Waals surface area (Å²) in [5.41, 5.74) is 0.747. The fraction of sp³-hybridized carbons (Fsp3) is 0.150. The zero-order chi connectivity index (χ0) is 22.4. The molecule has 0 saturated carbocycles. The lowest BCUT2D eigenvalue weighted by Crippen LogP contribution is -2.13. The first-order chi connectivity index (χ1) is 14.9. The lowest BCUT2D eigenvalue weighted by molar-refractivity contribution is -0.131. The molecule has 0 spiro atoms. The molecule has 0 amide bonds. The standard InChI is InChI=1S/C20H15ClN2O7S/c1-27-18(25)12-7-13(19(26)28-2)9-15(8-12)29-16(24)10-31-20-23-22-17(30-20)11-3-5-14(21)6-4-11/h3-9H,10H2,1-2H3. The van der Waals surface area contributed by atoms with Gasteiger partial charge < -0.3 is 18.6 Å². The minimum absolute atomic E-state index is 0.0127. The average Bonchev–Trinajstić information content (AvgIpc) is 3.26. The maximum absolute atomic E-state index is 12.2. The molecule has 0 saturated heterocycles. The van der Waals surface area contributed by atoms with Crippen LogP contribution in [0.2, 0.25) is 5.02 Å². The molecule has 0 N–H and O–H groups in total. The van der Waals surface area contributed by atoms with Crippen LogP contribution < -0.4 is 4.74 Å². The Morgan fingerprint density at radius 1 is 0.968 bits per heavy atom. The van der Waals surface area contributed by atoms with Gasteiger partial charge in [-0.05, 0) is 42.5 Å². The number of nitrogens with zero attached hydrogens (tertiary/aromatic N) is 2. The third-order valence-corrected chi connectivity index (χ3v) is 4.84. The van der Waals surface area contributed by atoms with E-state index in [1.165, 1.54) is 32.4 Å². The average molecular weight is 463 g/mol. The van der Waals surface area contributed by atoms with Crippen molar-refractivity contribution in [2.45, 2.75) is 5.22 Å². The van der Waals surface area contributed by atoms with Crippen molar-refractivity contribution in [2.24, 2.45) is 0 Å². The van der Waals surface area contributed by atoms with Crippen molar-refractivity contribution in [2.75, 3.05) is 20.0 Å². The van der Waals surface area contributed by atoms with Gasteiger partial charge in [0.1, 0.15) is 11.5 Å². The molecule has 0 aliphatic carbocycles. The lowest BCUT2D eigenvalue weighted by atomic mass is 10.1. The molecular weight excluding hydrogens is 448 g/mol. The number of thioether (sulfide) groups is 1. The monoisotopic (exact) mass is 462 g/mol. The molecule has 0 fully saturated rings. The Hall–Kier alpha value is -3.37. The van der Waals surface area contributed by atoms with Gasteiger partial charge >= 0.3 is 17.9 Å². The summed E-state index contributed by atoms with van der Waals surface area (Å²) in [6.07, 6.45) is 0. The van der Waals surface area contributed by atoms with E-state index in [2.05, 4.69) is 19.7 Å². The second-order valence-corrected chi connectivity index (χ2v) is 7.24. The second kappa shape index (κ2) is 10.1. The summed E-state index contributed by atoms with van der Waals surface area (Å²) in [6.45, 7) is 0. The van der Waals surface area contributed by atoms with Gasteiger partial charge in [-0.2, -0.15) is 0 Å². The van der Waals surface area contributed by atoms with E-state index in [0.717, 1.165) is 11.8 Å². The topological polar surface area (TPSA) is 118 Å². The highest BCUT2D eigenvalue weighted by Crippen LogP contribution is 2.25. The maximum Gasteiger partial charge on any atom is 0.338 e. The number of carbonyl (C=O) groups excluding carboxylic acids is 3. The Kier molecular flexibility index (Phi) is 7.27. The smallest absolute Gasteiger partial charge is 0.338 e. The van der Waals surface area contributed by atoms with E-state index in [1.54, 1.807) is 24.3 Å². The van der Waals surface area contributed by atoms with E-state index < -0.39 is 17.9 Å². The van der Waals surface area contributed by atoms with Crippen LogP contribution in [0.1, 0.15) is 20.7 Å². The van der Waals surface area contributed by atoms with Crippen molar-refractivity contribution in [1.82, 2.24) is 10.2 Å². The number of aromatic nitrogens is 2. The number of methoxy groups -OCH3 is 2. The second-order valence-electron chi connectivity index (χ2n) is 5.87. The molecular formula is C20H15ClN2O7S. The molecule has 0 bridgehead atoms. The zero-order valence-electron chi connectivity index (χ0n) is 16.3. The molecule has 11 heteroatoms. The van der Waals surface area contributed by atoms with Crippen LogP contribution in [0.15, 0.2) is 52.1 Å². The zero-order valence-corrected chi connectivity index (χ0v) is 17.9. The summed E-state index contributed by atoms with van der Waals surface area (Å²) < 4.78 is 20.0. The van der Waals surface area contributed by atoms with Crippen molar-refractivity contribution in [3.8, 4) is 17.2 Å². The number of rotatable bonds is 7. The molecule has 0 atom stereocenters. The molecule has 3 aromatic rings. The van der Waals surface area contributed by atoms with Crippen molar-refractivity contribution < 1.29 is 33.0 Å². The third-order valence-electron chi connectivity index (χ3n) is 3.79. The Bertz CT molecular complexity index is 1080. The summed E-state index contributed by atoms with van der Waals surface area (Å²) in [6, 6.07) is 10.7. The van der Waals surface area contributed by atoms with Crippen LogP contribution in [0.3, 0.4) is 0 Å². The summed E-state index contributed by atoms with van der Waals surface area (Å²) in [7, 11) is 2.39. The van der Waals surface area contributed by atoms with Gasteiger partial charge in [-0.1, -0.05) is 23.4 Å². The van der Waals surface area contributed by atoms with E-state index >= 15 is 0 Å². The summed E-state index contributed by atoms with van der Waals surface area (Å²) >= 11 is 6.82. The molecule has 31 heavy (non-hydrogen) atoms. The quantitative estimate of drug-likeness (QED) is 0.292. The molecule has 1 aromatic heterocycles. The molecule has 9 nitrogen and oxygen atoms in total. The van der Waals surface area contributed by atoms with Gasteiger partial charge in [0.25, 0.3) is 5.22 Å². The first-order valence-corrected chi connectivity index (χ1v) is 10.0. The molecule has 0 aliphatic heterocycles. The van der Waals surface area contributed by atoms with E-state index in [-0.39, 0.29) is 33.7 Å². The summed E-state index contributed by atoms with van der Waals surface area (Å²) in [5, 5.41) is 8.54. The number of hydrogen-bond donors (Lipinski definition) is 0. The van der Waals surface area contributed by atoms with Crippen LogP contribution >= 0.6 is 23.4 Å². The fourth-order valence-corrected chi connectivity index (χ4v) is 3.05. The van der Waals surface area contributed by atoms with Crippen LogP contribution in [-0.2, 0) is 14.3 Å². The van der Waals surface area contributed by atoms with Crippen LogP contribution in [0, 0.1) is 0 Å². The van der Waals surface area contributed by atoms with Crippen LogP contribution in [0.5, 0.6) is 5.75 Å². The van der Waals surface area contributed by atoms with Crippen LogP contribution in [0.4, 0.5) is 0 Å². The van der Waals surface area contributed by atoms with Crippen molar-refractivity contribution >= 4 is 41.3 Å². The number of hydrogen-bond acceptors (Lipinski definition) is 10. The van der Waals surface area contributed by atoms with E-state index in [1.807, 2.05) is 0 Å². The maximum atomic E-state index is 12.2. The first-order valence-electron chi connectivity index (χ1n) is 8.64. The molecule has 0 radical (unpaired) electrons. The summed E-state index contributed by atoms with van der Waals surface area (Å²) in [5.74, 6) is -1.94. The first kappa shape index (κ1) is 22.3. The van der Waals surface area contributed by atoms with Crippen molar-refractivity contribution in [3.63, 3.8) is 0 Å². The lowest BCUT2D eigenvalue weighted by Gasteiger charge is -2.08. The Balaban J connectivity index is 1.66. The highest BCUT2D eigenvalue weighted by molar-refractivity contribution is 7.99. The number of ether oxygens (including phenoxy) is 3. The van der Waals surface area contributed by atoms with Gasteiger partial charge in [0.2, 0.25) is 5.89 Å². The highest BCUT2D eigenvalue weighted by Gasteiger charge is 2.17. The van der Waals surface area contributed by atoms with Crippen LogP contribution in [0.25, 0.3) is 11.5 Å². The van der Waals surface area contributed by atoms with Gasteiger partial charge in [-0.3, -0.25) is 4.79 Å². The normalized spacial score (nSPS) is 10.4. The van der Waals surface area contributed by atoms with Gasteiger partial charge in [0, 0.05) is 10.6 Å². The van der Waals surface area contributed by atoms with Crippen molar-refractivity contribution in [3.05, 3.63) is 58.6 Å². The summed E-state index contributed by atoms with van der Waals surface area (Å²) in [4.78, 5) is 35.8. The highest BCUT2D eigenvalue weighted by atomic mass is 35.5. The molecule has 1 heterocycles. The Morgan fingerprint density at radius 2 is 1.58 bits per heavy atom. The largest absolute Gasteiger partial charge is 0.465 e.